The van der Waals surface area contributed by atoms with Gasteiger partial charge in [0.15, 0.2) is 0 Å². The molecular weight excluding hydrogens is 267 g/mol. The third-order valence-corrected chi connectivity index (χ3v) is 3.16. The van der Waals surface area contributed by atoms with Crippen molar-refractivity contribution in [1.82, 2.24) is 0 Å². The van der Waals surface area contributed by atoms with Crippen molar-refractivity contribution in [2.45, 2.75) is 52.4 Å². The van der Waals surface area contributed by atoms with Crippen LogP contribution >= 0.6 is 0 Å². The van der Waals surface area contributed by atoms with Crippen LogP contribution in [0.1, 0.15) is 50.7 Å². The second kappa shape index (κ2) is 12.3. The molecule has 19 heavy (non-hydrogen) atoms. The van der Waals surface area contributed by atoms with Gasteiger partial charge in [0.1, 0.15) is 0 Å². The minimum Gasteiger partial charge on any atom is -0.748 e. The summed E-state index contributed by atoms with van der Waals surface area (Å²) < 4.78 is 0. The number of aryl methyl sites for hydroxylation is 2. The zero-order valence-corrected chi connectivity index (χ0v) is 13.7. The van der Waals surface area contributed by atoms with Gasteiger partial charge >= 0.3 is 0 Å². The number of hydrogen-bond acceptors (Lipinski definition) is 0. The molecule has 1 heteroatoms. The molecule has 0 saturated heterocycles. The summed E-state index contributed by atoms with van der Waals surface area (Å²) in [5, 5.41) is 0. The number of hydrogen-bond donors (Lipinski definition) is 0. The molecule has 2 aromatic rings. The fourth-order valence-electron chi connectivity index (χ4n) is 2.04. The van der Waals surface area contributed by atoms with E-state index >= 15 is 0 Å². The van der Waals surface area contributed by atoms with Crippen LogP contribution in [0.2, 0.25) is 0 Å². The van der Waals surface area contributed by atoms with Crippen LogP contribution in [0.3, 0.4) is 0 Å². The molecule has 2 rings (SSSR count). The van der Waals surface area contributed by atoms with Crippen molar-refractivity contribution in [2.75, 3.05) is 0 Å². The third kappa shape index (κ3) is 8.13. The summed E-state index contributed by atoms with van der Waals surface area (Å²) >= 11 is 0. The van der Waals surface area contributed by atoms with Crippen LogP contribution in [-0.2, 0) is 31.4 Å². The Morgan fingerprint density at radius 2 is 1.53 bits per heavy atom. The molecule has 0 fully saturated rings. The van der Waals surface area contributed by atoms with E-state index in [2.05, 4.69) is 32.0 Å². The predicted molar refractivity (Wildman–Crippen MR) is 81.3 cm³/mol. The van der Waals surface area contributed by atoms with Crippen LogP contribution in [-0.4, -0.2) is 0 Å². The van der Waals surface area contributed by atoms with Gasteiger partial charge in [0.2, 0.25) is 0 Å². The average molecular weight is 293 g/mol. The molecule has 0 aliphatic rings. The molecule has 0 bridgehead atoms. The van der Waals surface area contributed by atoms with Gasteiger partial charge in [0.25, 0.3) is 0 Å². The fourth-order valence-corrected chi connectivity index (χ4v) is 2.04. The fraction of sp³-hybridized carbons (Fsp3) is 0.444. The zero-order valence-electron chi connectivity index (χ0n) is 12.3. The smallest absolute Gasteiger partial charge is 0 e. The second-order valence-electron chi connectivity index (χ2n) is 4.75. The molecule has 0 aliphatic heterocycles. The summed E-state index contributed by atoms with van der Waals surface area (Å²) in [6.07, 6.45) is 7.84. The molecular formula is C18H26V-6. The maximum absolute atomic E-state index is 2.29. The summed E-state index contributed by atoms with van der Waals surface area (Å²) in [6, 6.07) is 16.8. The maximum atomic E-state index is 2.29. The van der Waals surface area contributed by atoms with Crippen molar-refractivity contribution in [1.29, 1.82) is 0 Å². The van der Waals surface area contributed by atoms with E-state index in [0.29, 0.717) is 0 Å². The van der Waals surface area contributed by atoms with Crippen molar-refractivity contribution in [3.8, 4) is 0 Å². The van der Waals surface area contributed by atoms with Crippen molar-refractivity contribution in [3.63, 3.8) is 0 Å². The molecule has 0 aliphatic carbocycles. The summed E-state index contributed by atoms with van der Waals surface area (Å²) in [6.45, 7) is 4.52. The molecule has 0 atom stereocenters. The van der Waals surface area contributed by atoms with Gasteiger partial charge in [-0.15, -0.1) is 0 Å². The van der Waals surface area contributed by atoms with Crippen molar-refractivity contribution >= 4 is 0 Å². The number of rotatable bonds is 6. The van der Waals surface area contributed by atoms with E-state index in [4.69, 9.17) is 0 Å². The van der Waals surface area contributed by atoms with Gasteiger partial charge in [-0.05, 0) is 0 Å². The van der Waals surface area contributed by atoms with Crippen molar-refractivity contribution < 1.29 is 18.6 Å². The minimum absolute atomic E-state index is 0. The van der Waals surface area contributed by atoms with Crippen LogP contribution in [0.25, 0.3) is 0 Å². The van der Waals surface area contributed by atoms with Gasteiger partial charge in [-0.3, -0.25) is 0 Å². The second-order valence-corrected chi connectivity index (χ2v) is 4.75. The topological polar surface area (TPSA) is 0 Å². The van der Waals surface area contributed by atoms with Gasteiger partial charge in [-0.2, -0.15) is 17.2 Å². The van der Waals surface area contributed by atoms with E-state index in [1.165, 1.54) is 38.5 Å². The Hall–Kier alpha value is -0.716. The van der Waals surface area contributed by atoms with Gasteiger partial charge in [0.05, 0.1) is 0 Å². The Bertz CT molecular complexity index is 330. The van der Waals surface area contributed by atoms with Crippen LogP contribution in [0.15, 0.2) is 48.5 Å². The van der Waals surface area contributed by atoms with Gasteiger partial charge in [-0.1, -0.05) is 52.4 Å². The number of unbranched alkanes of at least 4 members (excludes halogenated alkanes) is 2. The molecule has 0 amide bonds. The van der Waals surface area contributed by atoms with Gasteiger partial charge < -0.3 is 30.3 Å². The first-order valence-corrected chi connectivity index (χ1v) is 7.28. The van der Waals surface area contributed by atoms with E-state index < -0.39 is 0 Å². The van der Waals surface area contributed by atoms with Crippen LogP contribution in [0, 0.1) is 0 Å². The first-order chi connectivity index (χ1) is 8.88. The molecule has 0 spiro atoms. The van der Waals surface area contributed by atoms with Gasteiger partial charge in [-0.25, -0.2) is 12.1 Å². The van der Waals surface area contributed by atoms with Crippen LogP contribution in [0.5, 0.6) is 0 Å². The van der Waals surface area contributed by atoms with Crippen LogP contribution < -0.4 is 0 Å². The third-order valence-electron chi connectivity index (χ3n) is 3.16. The van der Waals surface area contributed by atoms with Crippen molar-refractivity contribution in [2.24, 2.45) is 0 Å². The minimum atomic E-state index is 0. The Morgan fingerprint density at radius 1 is 0.947 bits per heavy atom. The predicted octanol–water partition coefficient (Wildman–Crippen LogP) is 5.49. The molecule has 0 aromatic heterocycles. The standard InChI is InChI=1S/C13H21.C5H5.V/c1-3-5-8-12-10-7-11-13(12)9-6-4-2;1-2-4-5-3-1;/h7,10-11H,3-6,8-9H2,1-2H3;1-5H;/q-1;-5;. The molecule has 0 nitrogen and oxygen atoms in total. The summed E-state index contributed by atoms with van der Waals surface area (Å²) in [7, 11) is 0. The average Bonchev–Trinajstić information content (AvgIpc) is 3.07. The summed E-state index contributed by atoms with van der Waals surface area (Å²) in [4.78, 5) is 0. The van der Waals surface area contributed by atoms with E-state index in [1.54, 1.807) is 11.1 Å². The summed E-state index contributed by atoms with van der Waals surface area (Å²) in [5.74, 6) is 0. The van der Waals surface area contributed by atoms with E-state index in [1.807, 2.05) is 30.3 Å². The van der Waals surface area contributed by atoms with Gasteiger partial charge in [0, 0.05) is 18.6 Å². The first kappa shape index (κ1) is 18.3. The normalized spacial score (nSPS) is 9.37. The van der Waals surface area contributed by atoms with Crippen LogP contribution in [0.4, 0.5) is 0 Å². The SMILES string of the molecule is CCCCc1ccc[c-]1CCCC.[V].[cH-]1[cH-][cH-][cH-][cH-]1. The van der Waals surface area contributed by atoms with E-state index in [0.717, 1.165) is 0 Å². The molecule has 0 heterocycles. The first-order valence-electron chi connectivity index (χ1n) is 7.28. The Kier molecular flexibility index (Phi) is 11.9. The van der Waals surface area contributed by atoms with Crippen molar-refractivity contribution in [3.05, 3.63) is 59.7 Å². The zero-order chi connectivity index (χ0) is 13.1. The Morgan fingerprint density at radius 3 is 2.05 bits per heavy atom. The molecule has 2 aromatic carbocycles. The molecule has 0 saturated carbocycles. The summed E-state index contributed by atoms with van der Waals surface area (Å²) in [5.41, 5.74) is 3.19. The molecule has 0 unspecified atom stereocenters. The largest absolute Gasteiger partial charge is 0.748 e. The molecule has 1 radical (unpaired) electrons. The molecule has 0 N–H and O–H groups in total. The maximum Gasteiger partial charge on any atom is 0 e. The Balaban J connectivity index is 0.000000454. The van der Waals surface area contributed by atoms with E-state index in [9.17, 15) is 0 Å². The quantitative estimate of drug-likeness (QED) is 0.617. The van der Waals surface area contributed by atoms with E-state index in [-0.39, 0.29) is 18.6 Å². The monoisotopic (exact) mass is 293 g/mol. The Labute approximate surface area is 130 Å². The molecule has 109 valence electrons.